The first-order valence-electron chi connectivity index (χ1n) is 6.92. The van der Waals surface area contributed by atoms with E-state index in [1.54, 1.807) is 29.5 Å². The standard InChI is InChI=1S/C16H13Cl2N3OS/c17-11-6-5-10(12(18)7-11)8-19-16(22)20-9-15-21-13-3-1-2-4-14(13)23-15/h1-7H,8-9H2,(H2,19,20,22). The fraction of sp³-hybridized carbons (Fsp3) is 0.125. The highest BCUT2D eigenvalue weighted by Crippen LogP contribution is 2.22. The van der Waals surface area contributed by atoms with Gasteiger partial charge in [0, 0.05) is 16.6 Å². The van der Waals surface area contributed by atoms with Gasteiger partial charge in [0.1, 0.15) is 5.01 Å². The molecule has 3 rings (SSSR count). The second-order valence-electron chi connectivity index (χ2n) is 4.85. The molecule has 2 aromatic carbocycles. The van der Waals surface area contributed by atoms with Crippen molar-refractivity contribution in [1.82, 2.24) is 15.6 Å². The molecular weight excluding hydrogens is 353 g/mol. The molecule has 1 heterocycles. The molecule has 0 aliphatic carbocycles. The van der Waals surface area contributed by atoms with Crippen LogP contribution in [0.25, 0.3) is 10.2 Å². The van der Waals surface area contributed by atoms with Crippen LogP contribution in [0.3, 0.4) is 0 Å². The minimum atomic E-state index is -0.268. The zero-order valence-corrected chi connectivity index (χ0v) is 14.3. The zero-order valence-electron chi connectivity index (χ0n) is 12.0. The molecule has 1 aromatic heterocycles. The normalized spacial score (nSPS) is 10.7. The molecule has 0 saturated heterocycles. The summed E-state index contributed by atoms with van der Waals surface area (Å²) in [5, 5.41) is 7.52. The van der Waals surface area contributed by atoms with Crippen molar-refractivity contribution in [2.75, 3.05) is 0 Å². The number of aromatic nitrogens is 1. The van der Waals surface area contributed by atoms with Gasteiger partial charge >= 0.3 is 6.03 Å². The Morgan fingerprint density at radius 3 is 2.65 bits per heavy atom. The molecule has 3 aromatic rings. The Morgan fingerprint density at radius 2 is 1.87 bits per heavy atom. The van der Waals surface area contributed by atoms with Crippen LogP contribution in [-0.2, 0) is 13.1 Å². The molecular formula is C16H13Cl2N3OS. The van der Waals surface area contributed by atoms with Crippen LogP contribution >= 0.6 is 34.5 Å². The van der Waals surface area contributed by atoms with Gasteiger partial charge in [0.2, 0.25) is 0 Å². The SMILES string of the molecule is O=C(NCc1nc2ccccc2s1)NCc1ccc(Cl)cc1Cl. The number of carbonyl (C=O) groups is 1. The van der Waals surface area contributed by atoms with Crippen LogP contribution in [0.2, 0.25) is 10.0 Å². The number of halogens is 2. The van der Waals surface area contributed by atoms with Gasteiger partial charge in [-0.25, -0.2) is 9.78 Å². The highest BCUT2D eigenvalue weighted by molar-refractivity contribution is 7.18. The molecule has 0 atom stereocenters. The van der Waals surface area contributed by atoms with Gasteiger partial charge in [-0.3, -0.25) is 0 Å². The number of amides is 2. The van der Waals surface area contributed by atoms with Gasteiger partial charge < -0.3 is 10.6 Å². The lowest BCUT2D eigenvalue weighted by atomic mass is 10.2. The van der Waals surface area contributed by atoms with Gasteiger partial charge in [-0.2, -0.15) is 0 Å². The average Bonchev–Trinajstić information content (AvgIpc) is 2.95. The predicted molar refractivity (Wildman–Crippen MR) is 95.2 cm³/mol. The number of carbonyl (C=O) groups excluding carboxylic acids is 1. The summed E-state index contributed by atoms with van der Waals surface area (Å²) in [6.07, 6.45) is 0. The number of hydrogen-bond donors (Lipinski definition) is 2. The minimum absolute atomic E-state index is 0.268. The molecule has 4 nitrogen and oxygen atoms in total. The third-order valence-electron chi connectivity index (χ3n) is 3.19. The Morgan fingerprint density at radius 1 is 1.09 bits per heavy atom. The van der Waals surface area contributed by atoms with Crippen LogP contribution in [-0.4, -0.2) is 11.0 Å². The van der Waals surface area contributed by atoms with E-state index in [-0.39, 0.29) is 6.03 Å². The first kappa shape index (κ1) is 16.1. The molecule has 2 amide bonds. The number of rotatable bonds is 4. The lowest BCUT2D eigenvalue weighted by Crippen LogP contribution is -2.34. The van der Waals surface area contributed by atoms with E-state index in [1.807, 2.05) is 24.3 Å². The van der Waals surface area contributed by atoms with Crippen molar-refractivity contribution >= 4 is 50.8 Å². The molecule has 7 heteroatoms. The third-order valence-corrected chi connectivity index (χ3v) is 4.82. The molecule has 0 bridgehead atoms. The Bertz CT molecular complexity index is 817. The highest BCUT2D eigenvalue weighted by atomic mass is 35.5. The van der Waals surface area contributed by atoms with Gasteiger partial charge in [-0.05, 0) is 29.8 Å². The number of urea groups is 1. The van der Waals surface area contributed by atoms with E-state index in [0.717, 1.165) is 20.8 Å². The molecule has 0 fully saturated rings. The summed E-state index contributed by atoms with van der Waals surface area (Å²) in [4.78, 5) is 16.3. The number of para-hydroxylation sites is 1. The Labute approximate surface area is 147 Å². The molecule has 0 saturated carbocycles. The largest absolute Gasteiger partial charge is 0.334 e. The van der Waals surface area contributed by atoms with Crippen LogP contribution in [0.5, 0.6) is 0 Å². The predicted octanol–water partition coefficient (Wildman–Crippen LogP) is 4.60. The van der Waals surface area contributed by atoms with Crippen LogP contribution in [0, 0.1) is 0 Å². The summed E-state index contributed by atoms with van der Waals surface area (Å²) in [5.74, 6) is 0. The fourth-order valence-corrected chi connectivity index (χ4v) is 3.44. The molecule has 23 heavy (non-hydrogen) atoms. The van der Waals surface area contributed by atoms with E-state index >= 15 is 0 Å². The second kappa shape index (κ2) is 7.17. The maximum atomic E-state index is 11.9. The van der Waals surface area contributed by atoms with Crippen molar-refractivity contribution in [2.45, 2.75) is 13.1 Å². The number of nitrogens with zero attached hydrogens (tertiary/aromatic N) is 1. The smallest absolute Gasteiger partial charge is 0.315 e. The van der Waals surface area contributed by atoms with Crippen molar-refractivity contribution in [1.29, 1.82) is 0 Å². The number of nitrogens with one attached hydrogen (secondary N) is 2. The van der Waals surface area contributed by atoms with Crippen LogP contribution in [0.1, 0.15) is 10.6 Å². The van der Waals surface area contributed by atoms with E-state index in [0.29, 0.717) is 23.1 Å². The van der Waals surface area contributed by atoms with Gasteiger partial charge in [-0.15, -0.1) is 11.3 Å². The van der Waals surface area contributed by atoms with Gasteiger partial charge in [0.05, 0.1) is 16.8 Å². The number of thiazole rings is 1. The Kier molecular flexibility index (Phi) is 5.00. The van der Waals surface area contributed by atoms with Gasteiger partial charge in [0.15, 0.2) is 0 Å². The lowest BCUT2D eigenvalue weighted by Gasteiger charge is -2.08. The maximum Gasteiger partial charge on any atom is 0.315 e. The molecule has 0 spiro atoms. The molecule has 118 valence electrons. The highest BCUT2D eigenvalue weighted by Gasteiger charge is 2.07. The molecule has 0 aliphatic rings. The van der Waals surface area contributed by atoms with Crippen LogP contribution < -0.4 is 10.6 Å². The van der Waals surface area contributed by atoms with E-state index in [4.69, 9.17) is 23.2 Å². The van der Waals surface area contributed by atoms with Crippen LogP contribution in [0.15, 0.2) is 42.5 Å². The molecule has 0 radical (unpaired) electrons. The summed E-state index contributed by atoms with van der Waals surface area (Å²) in [5.41, 5.74) is 1.76. The monoisotopic (exact) mass is 365 g/mol. The Hall–Kier alpha value is -1.82. The number of fused-ring (bicyclic) bond motifs is 1. The van der Waals surface area contributed by atoms with Crippen molar-refractivity contribution in [3.8, 4) is 0 Å². The van der Waals surface area contributed by atoms with E-state index < -0.39 is 0 Å². The third kappa shape index (κ3) is 4.13. The van der Waals surface area contributed by atoms with Crippen molar-refractivity contribution in [2.24, 2.45) is 0 Å². The van der Waals surface area contributed by atoms with Crippen molar-refractivity contribution in [3.05, 3.63) is 63.1 Å². The maximum absolute atomic E-state index is 11.9. The van der Waals surface area contributed by atoms with E-state index in [2.05, 4.69) is 15.6 Å². The average molecular weight is 366 g/mol. The second-order valence-corrected chi connectivity index (χ2v) is 6.81. The Balaban J connectivity index is 1.53. The van der Waals surface area contributed by atoms with Gasteiger partial charge in [-0.1, -0.05) is 41.4 Å². The quantitative estimate of drug-likeness (QED) is 0.709. The van der Waals surface area contributed by atoms with Crippen molar-refractivity contribution in [3.63, 3.8) is 0 Å². The van der Waals surface area contributed by atoms with E-state index in [9.17, 15) is 4.79 Å². The van der Waals surface area contributed by atoms with Gasteiger partial charge in [0.25, 0.3) is 0 Å². The van der Waals surface area contributed by atoms with Crippen molar-refractivity contribution < 1.29 is 4.79 Å². The lowest BCUT2D eigenvalue weighted by molar-refractivity contribution is 0.240. The zero-order chi connectivity index (χ0) is 16.2. The van der Waals surface area contributed by atoms with E-state index in [1.165, 1.54) is 0 Å². The molecule has 2 N–H and O–H groups in total. The number of hydrogen-bond acceptors (Lipinski definition) is 3. The molecule has 0 aliphatic heterocycles. The number of benzene rings is 2. The summed E-state index contributed by atoms with van der Waals surface area (Å²) in [6, 6.07) is 12.8. The first-order valence-corrected chi connectivity index (χ1v) is 8.49. The summed E-state index contributed by atoms with van der Waals surface area (Å²) >= 11 is 13.5. The summed E-state index contributed by atoms with van der Waals surface area (Å²) in [7, 11) is 0. The first-order chi connectivity index (χ1) is 11.1. The minimum Gasteiger partial charge on any atom is -0.334 e. The summed E-state index contributed by atoms with van der Waals surface area (Å²) < 4.78 is 1.11. The molecule has 0 unspecified atom stereocenters. The fourth-order valence-electron chi connectivity index (χ4n) is 2.05. The van der Waals surface area contributed by atoms with Crippen LogP contribution in [0.4, 0.5) is 4.79 Å². The topological polar surface area (TPSA) is 54.0 Å². The summed E-state index contributed by atoms with van der Waals surface area (Å²) in [6.45, 7) is 0.723.